The van der Waals surface area contributed by atoms with Gasteiger partial charge in [0.2, 0.25) is 5.91 Å². The van der Waals surface area contributed by atoms with E-state index in [9.17, 15) is 4.79 Å². The molecule has 1 atom stereocenters. The average molecular weight is 282 g/mol. The Bertz CT molecular complexity index is 296. The highest BCUT2D eigenvalue weighted by Crippen LogP contribution is 2.14. The van der Waals surface area contributed by atoms with Crippen molar-refractivity contribution in [1.29, 1.82) is 0 Å². The van der Waals surface area contributed by atoms with E-state index in [2.05, 4.69) is 21.6 Å². The molecule has 0 aromatic heterocycles. The zero-order chi connectivity index (χ0) is 14.4. The minimum absolute atomic E-state index is 0.0461. The summed E-state index contributed by atoms with van der Waals surface area (Å²) in [7, 11) is 0. The van der Waals surface area contributed by atoms with Gasteiger partial charge in [0.05, 0.1) is 6.04 Å². The molecule has 116 valence electrons. The van der Waals surface area contributed by atoms with Crippen LogP contribution in [0, 0.1) is 0 Å². The van der Waals surface area contributed by atoms with Gasteiger partial charge in [-0.1, -0.05) is 0 Å². The molecule has 0 bridgehead atoms. The third-order valence-corrected chi connectivity index (χ3v) is 4.66. The van der Waals surface area contributed by atoms with Crippen LogP contribution in [-0.2, 0) is 4.79 Å². The molecule has 2 saturated heterocycles. The van der Waals surface area contributed by atoms with Gasteiger partial charge in [0, 0.05) is 39.3 Å². The van der Waals surface area contributed by atoms with Crippen LogP contribution in [0.25, 0.3) is 0 Å². The normalized spacial score (nSPS) is 23.8. The number of hydrogen-bond donors (Lipinski definition) is 1. The van der Waals surface area contributed by atoms with Crippen LogP contribution >= 0.6 is 0 Å². The maximum atomic E-state index is 12.5. The molecule has 1 unspecified atom stereocenters. The number of piperidine rings is 1. The van der Waals surface area contributed by atoms with Crippen molar-refractivity contribution < 1.29 is 4.79 Å². The molecule has 0 aliphatic carbocycles. The van der Waals surface area contributed by atoms with E-state index in [-0.39, 0.29) is 6.04 Å². The summed E-state index contributed by atoms with van der Waals surface area (Å²) in [6, 6.07) is 0.0461. The average Bonchev–Trinajstić information content (AvgIpc) is 2.53. The van der Waals surface area contributed by atoms with Crippen molar-refractivity contribution in [2.75, 3.05) is 52.4 Å². The molecule has 0 radical (unpaired) electrons. The molecule has 2 aliphatic rings. The molecule has 0 spiro atoms. The highest BCUT2D eigenvalue weighted by molar-refractivity contribution is 5.81. The molecule has 20 heavy (non-hydrogen) atoms. The van der Waals surface area contributed by atoms with Crippen molar-refractivity contribution in [3.8, 4) is 0 Å². The van der Waals surface area contributed by atoms with Gasteiger partial charge in [-0.25, -0.2) is 0 Å². The quantitative estimate of drug-likeness (QED) is 0.791. The number of rotatable bonds is 5. The number of piperazine rings is 1. The number of likely N-dealkylation sites (tertiary alicyclic amines) is 1. The predicted molar refractivity (Wildman–Crippen MR) is 81.6 cm³/mol. The van der Waals surface area contributed by atoms with E-state index in [4.69, 9.17) is 5.73 Å². The van der Waals surface area contributed by atoms with Crippen LogP contribution in [0.3, 0.4) is 0 Å². The summed E-state index contributed by atoms with van der Waals surface area (Å²) in [5, 5.41) is 0. The number of carbonyl (C=O) groups is 1. The molecule has 2 rings (SSSR count). The fraction of sp³-hybridized carbons (Fsp3) is 0.933. The van der Waals surface area contributed by atoms with Crippen LogP contribution in [0.5, 0.6) is 0 Å². The van der Waals surface area contributed by atoms with Gasteiger partial charge >= 0.3 is 0 Å². The smallest absolute Gasteiger partial charge is 0.239 e. The van der Waals surface area contributed by atoms with Crippen molar-refractivity contribution in [3.05, 3.63) is 0 Å². The number of nitrogens with two attached hydrogens (primary N) is 1. The molecule has 2 heterocycles. The lowest BCUT2D eigenvalue weighted by Crippen LogP contribution is -2.55. The van der Waals surface area contributed by atoms with Crippen molar-refractivity contribution in [2.24, 2.45) is 5.73 Å². The zero-order valence-corrected chi connectivity index (χ0v) is 12.9. The van der Waals surface area contributed by atoms with Gasteiger partial charge in [-0.15, -0.1) is 0 Å². The molecule has 2 N–H and O–H groups in total. The molecular weight excluding hydrogens is 252 g/mol. The largest absolute Gasteiger partial charge is 0.341 e. The van der Waals surface area contributed by atoms with E-state index in [1.54, 1.807) is 0 Å². The molecule has 0 saturated carbocycles. The van der Waals surface area contributed by atoms with Gasteiger partial charge in [-0.2, -0.15) is 0 Å². The van der Waals surface area contributed by atoms with Crippen LogP contribution in [0.2, 0.25) is 0 Å². The van der Waals surface area contributed by atoms with E-state index in [1.807, 2.05) is 0 Å². The highest BCUT2D eigenvalue weighted by Gasteiger charge is 2.28. The van der Waals surface area contributed by atoms with E-state index < -0.39 is 0 Å². The molecule has 0 aromatic rings. The monoisotopic (exact) mass is 282 g/mol. The molecule has 2 aliphatic heterocycles. The standard InChI is InChI=1S/C15H30N4O/c1-14(15(20)19-8-3-2-4-9-19)18-12-10-17(11-13-18)7-5-6-16/h14H,2-13,16H2,1H3. The van der Waals surface area contributed by atoms with Crippen LogP contribution in [-0.4, -0.2) is 79.0 Å². The lowest BCUT2D eigenvalue weighted by atomic mass is 10.1. The highest BCUT2D eigenvalue weighted by atomic mass is 16.2. The second kappa shape index (κ2) is 7.96. The first-order valence-corrected chi connectivity index (χ1v) is 8.17. The van der Waals surface area contributed by atoms with Gasteiger partial charge in [-0.3, -0.25) is 9.69 Å². The molecule has 5 nitrogen and oxygen atoms in total. The van der Waals surface area contributed by atoms with Gasteiger partial charge < -0.3 is 15.5 Å². The Morgan fingerprint density at radius 2 is 1.70 bits per heavy atom. The van der Waals surface area contributed by atoms with E-state index in [0.717, 1.165) is 58.8 Å². The van der Waals surface area contributed by atoms with Gasteiger partial charge in [-0.05, 0) is 45.7 Å². The number of carbonyl (C=O) groups excluding carboxylic acids is 1. The predicted octanol–water partition coefficient (Wildman–Crippen LogP) is 0.354. The Labute approximate surface area is 123 Å². The first-order valence-electron chi connectivity index (χ1n) is 8.17. The second-order valence-electron chi connectivity index (χ2n) is 6.08. The Hall–Kier alpha value is -0.650. The number of nitrogens with zero attached hydrogens (tertiary/aromatic N) is 3. The molecular formula is C15H30N4O. The summed E-state index contributed by atoms with van der Waals surface area (Å²) < 4.78 is 0. The molecule has 2 fully saturated rings. The van der Waals surface area contributed by atoms with Crippen molar-refractivity contribution in [3.63, 3.8) is 0 Å². The molecule has 1 amide bonds. The summed E-state index contributed by atoms with van der Waals surface area (Å²) in [5.74, 6) is 0.333. The van der Waals surface area contributed by atoms with E-state index in [0.29, 0.717) is 5.91 Å². The van der Waals surface area contributed by atoms with Crippen LogP contribution in [0.4, 0.5) is 0 Å². The first-order chi connectivity index (χ1) is 9.72. The summed E-state index contributed by atoms with van der Waals surface area (Å²) in [4.78, 5) is 19.4. The Morgan fingerprint density at radius 3 is 2.30 bits per heavy atom. The fourth-order valence-corrected chi connectivity index (χ4v) is 3.22. The van der Waals surface area contributed by atoms with Gasteiger partial charge in [0.15, 0.2) is 0 Å². The van der Waals surface area contributed by atoms with Gasteiger partial charge in [0.25, 0.3) is 0 Å². The summed E-state index contributed by atoms with van der Waals surface area (Å²) in [6.07, 6.45) is 4.69. The lowest BCUT2D eigenvalue weighted by Gasteiger charge is -2.39. The maximum absolute atomic E-state index is 12.5. The fourth-order valence-electron chi connectivity index (χ4n) is 3.22. The molecule has 5 heteroatoms. The van der Waals surface area contributed by atoms with Crippen LogP contribution < -0.4 is 5.73 Å². The van der Waals surface area contributed by atoms with Crippen molar-refractivity contribution in [2.45, 2.75) is 38.6 Å². The zero-order valence-electron chi connectivity index (χ0n) is 12.9. The number of hydrogen-bond acceptors (Lipinski definition) is 4. The minimum Gasteiger partial charge on any atom is -0.341 e. The van der Waals surface area contributed by atoms with Crippen molar-refractivity contribution >= 4 is 5.91 Å². The second-order valence-corrected chi connectivity index (χ2v) is 6.08. The molecule has 0 aromatic carbocycles. The Morgan fingerprint density at radius 1 is 1.05 bits per heavy atom. The van der Waals surface area contributed by atoms with Crippen LogP contribution in [0.15, 0.2) is 0 Å². The summed E-state index contributed by atoms with van der Waals surface area (Å²) in [6.45, 7) is 10.0. The summed E-state index contributed by atoms with van der Waals surface area (Å²) in [5.41, 5.74) is 5.56. The van der Waals surface area contributed by atoms with E-state index in [1.165, 1.54) is 19.3 Å². The van der Waals surface area contributed by atoms with Gasteiger partial charge in [0.1, 0.15) is 0 Å². The first kappa shape index (κ1) is 15.7. The Balaban J connectivity index is 1.75. The lowest BCUT2D eigenvalue weighted by molar-refractivity contribution is -0.138. The Kier molecular flexibility index (Phi) is 6.26. The third kappa shape index (κ3) is 4.17. The minimum atomic E-state index is 0.0461. The van der Waals surface area contributed by atoms with Crippen LogP contribution in [0.1, 0.15) is 32.6 Å². The third-order valence-electron chi connectivity index (χ3n) is 4.66. The summed E-state index contributed by atoms with van der Waals surface area (Å²) >= 11 is 0. The topological polar surface area (TPSA) is 52.8 Å². The SMILES string of the molecule is CC(C(=O)N1CCCCC1)N1CCN(CCCN)CC1. The van der Waals surface area contributed by atoms with E-state index >= 15 is 0 Å². The number of amides is 1. The van der Waals surface area contributed by atoms with Crippen molar-refractivity contribution in [1.82, 2.24) is 14.7 Å². The maximum Gasteiger partial charge on any atom is 0.239 e.